The zero-order valence-corrected chi connectivity index (χ0v) is 14.7. The van der Waals surface area contributed by atoms with Crippen molar-refractivity contribution in [2.45, 2.75) is 20.4 Å². The molecule has 2 aromatic heterocycles. The Bertz CT molecular complexity index is 836. The number of pyridine rings is 1. The molecule has 0 aliphatic carbocycles. The molecule has 25 heavy (non-hydrogen) atoms. The van der Waals surface area contributed by atoms with Crippen molar-refractivity contribution in [1.82, 2.24) is 9.88 Å². The number of aliphatic imine (C=N–C) groups is 1. The van der Waals surface area contributed by atoms with Gasteiger partial charge in [0.25, 0.3) is 0 Å². The van der Waals surface area contributed by atoms with E-state index in [1.54, 1.807) is 18.3 Å². The fraction of sp³-hybridized carbons (Fsp3) is 0.294. The van der Waals surface area contributed by atoms with E-state index >= 15 is 0 Å². The molecule has 0 amide bonds. The van der Waals surface area contributed by atoms with E-state index in [4.69, 9.17) is 16.0 Å². The number of nitrogens with zero attached hydrogens (tertiary/aromatic N) is 4. The summed E-state index contributed by atoms with van der Waals surface area (Å²) in [6, 6.07) is 5.32. The zero-order valence-electron chi connectivity index (χ0n) is 13.9. The second-order valence-electron chi connectivity index (χ2n) is 5.79. The van der Waals surface area contributed by atoms with Crippen LogP contribution in [0.3, 0.4) is 0 Å². The van der Waals surface area contributed by atoms with Gasteiger partial charge < -0.3 is 9.32 Å². The van der Waals surface area contributed by atoms with Crippen LogP contribution in [0.25, 0.3) is 6.08 Å². The fourth-order valence-corrected chi connectivity index (χ4v) is 2.72. The monoisotopic (exact) mass is 360 g/mol. The lowest BCUT2D eigenvalue weighted by atomic mass is 10.2. The summed E-state index contributed by atoms with van der Waals surface area (Å²) in [6.45, 7) is 5.32. The molecule has 0 bridgehead atoms. The predicted octanol–water partition coefficient (Wildman–Crippen LogP) is 3.48. The van der Waals surface area contributed by atoms with E-state index in [2.05, 4.69) is 9.98 Å². The molecule has 0 saturated heterocycles. The Morgan fingerprint density at radius 3 is 2.88 bits per heavy atom. The third-order valence-corrected chi connectivity index (χ3v) is 4.21. The molecule has 1 aliphatic rings. The quantitative estimate of drug-likeness (QED) is 0.463. The van der Waals surface area contributed by atoms with E-state index in [9.17, 15) is 10.1 Å². The number of amidine groups is 1. The molecule has 2 aromatic rings. The Hall–Kier alpha value is -2.67. The van der Waals surface area contributed by atoms with Gasteiger partial charge in [0.05, 0.1) is 17.5 Å². The molecule has 0 fully saturated rings. The largest absolute Gasteiger partial charge is 0.461 e. The number of rotatable bonds is 5. The van der Waals surface area contributed by atoms with Crippen LogP contribution < -0.4 is 0 Å². The number of aryl methyl sites for hydroxylation is 2. The highest BCUT2D eigenvalue weighted by Crippen LogP contribution is 2.20. The van der Waals surface area contributed by atoms with Gasteiger partial charge in [0, 0.05) is 19.3 Å². The normalized spacial score (nSPS) is 14.8. The summed E-state index contributed by atoms with van der Waals surface area (Å²) in [7, 11) is 0. The Morgan fingerprint density at radius 1 is 1.48 bits per heavy atom. The van der Waals surface area contributed by atoms with Crippen LogP contribution >= 0.6 is 11.6 Å². The van der Waals surface area contributed by atoms with Gasteiger partial charge in [-0.2, -0.15) is 0 Å². The van der Waals surface area contributed by atoms with Crippen molar-refractivity contribution < 1.29 is 9.34 Å². The molecular weight excluding hydrogens is 344 g/mol. The van der Waals surface area contributed by atoms with Crippen molar-refractivity contribution in [3.8, 4) is 0 Å². The number of nitro groups is 1. The summed E-state index contributed by atoms with van der Waals surface area (Å²) in [5, 5.41) is 12.0. The first kappa shape index (κ1) is 17.2. The maximum absolute atomic E-state index is 11.6. The van der Waals surface area contributed by atoms with Crippen LogP contribution in [-0.4, -0.2) is 33.7 Å². The summed E-state index contributed by atoms with van der Waals surface area (Å²) in [5.74, 6) is 1.54. The first-order valence-electron chi connectivity index (χ1n) is 7.77. The molecule has 0 saturated carbocycles. The number of aromatic nitrogens is 1. The smallest absolute Gasteiger partial charge is 0.314 e. The van der Waals surface area contributed by atoms with Crippen molar-refractivity contribution in [2.24, 2.45) is 4.99 Å². The van der Waals surface area contributed by atoms with Crippen molar-refractivity contribution in [3.63, 3.8) is 0 Å². The minimum Gasteiger partial charge on any atom is -0.461 e. The summed E-state index contributed by atoms with van der Waals surface area (Å²) in [4.78, 5) is 21.4. The molecule has 0 radical (unpaired) electrons. The summed E-state index contributed by atoms with van der Waals surface area (Å²) in [6.07, 6.45) is 3.09. The van der Waals surface area contributed by atoms with Crippen LogP contribution in [0.4, 0.5) is 0 Å². The summed E-state index contributed by atoms with van der Waals surface area (Å²) in [5.41, 5.74) is 1.78. The van der Waals surface area contributed by atoms with Crippen molar-refractivity contribution in [2.75, 3.05) is 13.1 Å². The second kappa shape index (κ2) is 7.06. The molecule has 3 heterocycles. The van der Waals surface area contributed by atoms with Crippen molar-refractivity contribution in [1.29, 1.82) is 0 Å². The number of furan rings is 1. The van der Waals surface area contributed by atoms with Gasteiger partial charge in [0.1, 0.15) is 16.7 Å². The zero-order chi connectivity index (χ0) is 18.0. The van der Waals surface area contributed by atoms with Gasteiger partial charge >= 0.3 is 5.70 Å². The number of halogens is 1. The molecule has 1 aliphatic heterocycles. The highest BCUT2D eigenvalue weighted by molar-refractivity contribution is 6.29. The van der Waals surface area contributed by atoms with Crippen LogP contribution in [0.2, 0.25) is 5.15 Å². The maximum Gasteiger partial charge on any atom is 0.314 e. The van der Waals surface area contributed by atoms with Gasteiger partial charge in [0.15, 0.2) is 0 Å². The van der Waals surface area contributed by atoms with Crippen molar-refractivity contribution in [3.05, 3.63) is 68.0 Å². The van der Waals surface area contributed by atoms with Crippen LogP contribution in [0, 0.1) is 24.0 Å². The van der Waals surface area contributed by atoms with Crippen LogP contribution in [0.5, 0.6) is 0 Å². The molecule has 0 atom stereocenters. The summed E-state index contributed by atoms with van der Waals surface area (Å²) >= 11 is 5.80. The van der Waals surface area contributed by atoms with E-state index in [1.807, 2.05) is 24.8 Å². The minimum atomic E-state index is -0.426. The van der Waals surface area contributed by atoms with Crippen LogP contribution in [0.1, 0.15) is 22.6 Å². The van der Waals surface area contributed by atoms with Gasteiger partial charge in [-0.05, 0) is 37.1 Å². The van der Waals surface area contributed by atoms with Crippen LogP contribution in [-0.2, 0) is 6.54 Å². The summed E-state index contributed by atoms with van der Waals surface area (Å²) < 4.78 is 5.54. The minimum absolute atomic E-state index is 0.0758. The van der Waals surface area contributed by atoms with Gasteiger partial charge in [-0.3, -0.25) is 15.1 Å². The van der Waals surface area contributed by atoms with E-state index in [-0.39, 0.29) is 5.70 Å². The lowest BCUT2D eigenvalue weighted by Crippen LogP contribution is -2.30. The fourth-order valence-electron chi connectivity index (χ4n) is 2.61. The van der Waals surface area contributed by atoms with Gasteiger partial charge in [0.2, 0.25) is 5.84 Å². The Balaban J connectivity index is 1.87. The maximum atomic E-state index is 11.6. The second-order valence-corrected chi connectivity index (χ2v) is 6.18. The Morgan fingerprint density at radius 2 is 2.28 bits per heavy atom. The third-order valence-electron chi connectivity index (χ3n) is 3.98. The average Bonchev–Trinajstić information content (AvgIpc) is 3.14. The van der Waals surface area contributed by atoms with E-state index < -0.39 is 4.92 Å². The average molecular weight is 361 g/mol. The van der Waals surface area contributed by atoms with E-state index in [0.29, 0.717) is 36.4 Å². The standard InChI is InChI=1S/C17H17ClN4O3/c1-11-7-14(25-12(11)2)8-15(22(23)24)17-19-5-6-21(17)10-13-3-4-16(18)20-9-13/h3-4,7-9H,5-6,10H2,1-2H3/b15-8-. The van der Waals surface area contributed by atoms with Gasteiger partial charge in [-0.25, -0.2) is 4.98 Å². The van der Waals surface area contributed by atoms with Gasteiger partial charge in [-0.1, -0.05) is 17.7 Å². The molecular formula is C17H17ClN4O3. The van der Waals surface area contributed by atoms with Crippen molar-refractivity contribution >= 4 is 23.5 Å². The lowest BCUT2D eigenvalue weighted by Gasteiger charge is -2.18. The highest BCUT2D eigenvalue weighted by atomic mass is 35.5. The number of hydrogen-bond donors (Lipinski definition) is 0. The van der Waals surface area contributed by atoms with Crippen LogP contribution in [0.15, 0.2) is 39.5 Å². The molecule has 0 N–H and O–H groups in total. The first-order valence-corrected chi connectivity index (χ1v) is 8.15. The molecule has 0 spiro atoms. The molecule has 130 valence electrons. The molecule has 7 nitrogen and oxygen atoms in total. The predicted molar refractivity (Wildman–Crippen MR) is 95.1 cm³/mol. The molecule has 3 rings (SSSR count). The molecule has 0 unspecified atom stereocenters. The van der Waals surface area contributed by atoms with Gasteiger partial charge in [-0.15, -0.1) is 0 Å². The van der Waals surface area contributed by atoms with E-state index in [0.717, 1.165) is 16.9 Å². The lowest BCUT2D eigenvalue weighted by molar-refractivity contribution is -0.414. The highest BCUT2D eigenvalue weighted by Gasteiger charge is 2.29. The Kier molecular flexibility index (Phi) is 4.85. The Labute approximate surface area is 149 Å². The molecule has 8 heteroatoms. The first-order chi connectivity index (χ1) is 11.9. The number of hydrogen-bond acceptors (Lipinski definition) is 6. The topological polar surface area (TPSA) is 84.8 Å². The van der Waals surface area contributed by atoms with E-state index in [1.165, 1.54) is 6.08 Å². The third kappa shape index (κ3) is 3.88. The SMILES string of the molecule is Cc1cc(/C=C(/C2=NCCN2Cc2ccc(Cl)nc2)[N+](=O)[O-])oc1C. The molecule has 0 aromatic carbocycles.